The van der Waals surface area contributed by atoms with Gasteiger partial charge in [-0.05, 0) is 50.6 Å². The van der Waals surface area contributed by atoms with Crippen molar-refractivity contribution in [2.75, 3.05) is 77.3 Å². The summed E-state index contributed by atoms with van der Waals surface area (Å²) >= 11 is 0. The van der Waals surface area contributed by atoms with E-state index in [1.54, 1.807) is 42.1 Å². The van der Waals surface area contributed by atoms with Crippen molar-refractivity contribution < 1.29 is 29.0 Å². The fourth-order valence-electron chi connectivity index (χ4n) is 6.99. The van der Waals surface area contributed by atoms with Crippen LogP contribution in [0.5, 0.6) is 11.5 Å². The smallest absolute Gasteiger partial charge is 0.276 e. The van der Waals surface area contributed by atoms with Crippen molar-refractivity contribution in [3.8, 4) is 11.5 Å². The molecule has 3 amide bonds. The second-order valence-electron chi connectivity index (χ2n) is 13.5. The topological polar surface area (TPSA) is 226 Å². The summed E-state index contributed by atoms with van der Waals surface area (Å²) < 4.78 is 17.4. The normalized spacial score (nSPS) is 13.9. The number of rotatable bonds is 18. The number of benzene rings is 2. The molecule has 0 radical (unpaired) electrons. The first-order valence-electron chi connectivity index (χ1n) is 18.6. The van der Waals surface area contributed by atoms with E-state index < -0.39 is 17.7 Å². The summed E-state index contributed by atoms with van der Waals surface area (Å²) in [7, 11) is 3.27. The minimum atomic E-state index is -0.633. The van der Waals surface area contributed by atoms with E-state index in [9.17, 15) is 19.5 Å². The van der Waals surface area contributed by atoms with Gasteiger partial charge < -0.3 is 45.4 Å². The Hall–Kier alpha value is -5.98. The third-order valence-electron chi connectivity index (χ3n) is 9.79. The third-order valence-corrected chi connectivity index (χ3v) is 9.79. The third kappa shape index (κ3) is 8.61. The molecular formula is C38H50N12O6. The molecule has 1 aliphatic rings. The summed E-state index contributed by atoms with van der Waals surface area (Å²) in [6, 6.07) is 8.14. The number of primary amides is 2. The fourth-order valence-corrected chi connectivity index (χ4v) is 6.99. The molecule has 18 heteroatoms. The number of nitrogens with zero attached hydrogens (tertiary/aromatic N) is 8. The van der Waals surface area contributed by atoms with Crippen molar-refractivity contribution >= 4 is 51.7 Å². The number of hydrogen-bond donors (Lipinski definition) is 5. The monoisotopic (exact) mass is 770 g/mol. The predicted octanol–water partition coefficient (Wildman–Crippen LogP) is 2.05. The van der Waals surface area contributed by atoms with Crippen LogP contribution < -0.4 is 31.6 Å². The lowest BCUT2D eigenvalue weighted by Gasteiger charge is -2.34. The Morgan fingerprint density at radius 2 is 1.43 bits per heavy atom. The van der Waals surface area contributed by atoms with Crippen molar-refractivity contribution in [1.82, 2.24) is 38.7 Å². The number of β-amino-alcohol motifs (C(OH)–C–C–N with tert-alkyl or cyclic N) is 1. The molecule has 298 valence electrons. The van der Waals surface area contributed by atoms with E-state index in [0.717, 1.165) is 39.1 Å². The molecule has 18 nitrogen and oxygen atoms in total. The highest BCUT2D eigenvalue weighted by molar-refractivity contribution is 6.04. The van der Waals surface area contributed by atoms with Crippen LogP contribution in [0.4, 0.5) is 11.9 Å². The number of carbonyl (C=O) groups is 3. The number of allylic oxidation sites excluding steroid dienone is 2. The van der Waals surface area contributed by atoms with Crippen molar-refractivity contribution in [3.05, 3.63) is 65.0 Å². The molecule has 0 saturated carbocycles. The molecule has 4 heterocycles. The quantitative estimate of drug-likeness (QED) is 0.0638. The molecule has 56 heavy (non-hydrogen) atoms. The maximum Gasteiger partial charge on any atom is 0.276 e. The maximum atomic E-state index is 13.7. The van der Waals surface area contributed by atoms with Gasteiger partial charge in [-0.3, -0.25) is 29.3 Å². The van der Waals surface area contributed by atoms with Crippen molar-refractivity contribution in [3.63, 3.8) is 0 Å². The molecule has 0 bridgehead atoms. The first-order valence-corrected chi connectivity index (χ1v) is 18.6. The van der Waals surface area contributed by atoms with E-state index in [4.69, 9.17) is 25.9 Å². The van der Waals surface area contributed by atoms with Gasteiger partial charge in [0.2, 0.25) is 23.7 Å². The Kier molecular flexibility index (Phi) is 12.5. The van der Waals surface area contributed by atoms with E-state index in [0.29, 0.717) is 77.1 Å². The summed E-state index contributed by atoms with van der Waals surface area (Å²) in [4.78, 5) is 52.2. The summed E-state index contributed by atoms with van der Waals surface area (Å²) in [6.07, 6.45) is 4.60. The van der Waals surface area contributed by atoms with Gasteiger partial charge in [0.1, 0.15) is 28.2 Å². The summed E-state index contributed by atoms with van der Waals surface area (Å²) in [5.41, 5.74) is 15.1. The van der Waals surface area contributed by atoms with Gasteiger partial charge in [-0.15, -0.1) is 0 Å². The van der Waals surface area contributed by atoms with Gasteiger partial charge in [0.15, 0.2) is 0 Å². The van der Waals surface area contributed by atoms with Gasteiger partial charge in [-0.1, -0.05) is 12.2 Å². The average Bonchev–Trinajstić information content (AvgIpc) is 3.87. The van der Waals surface area contributed by atoms with Crippen LogP contribution in [0.3, 0.4) is 0 Å². The van der Waals surface area contributed by atoms with Crippen LogP contribution in [-0.4, -0.2) is 128 Å². The van der Waals surface area contributed by atoms with Crippen LogP contribution >= 0.6 is 0 Å². The summed E-state index contributed by atoms with van der Waals surface area (Å²) in [6.45, 7) is 10.5. The number of aliphatic hydroxyl groups excluding tert-OH is 1. The number of fused-ring (bicyclic) bond motifs is 2. The second-order valence-corrected chi connectivity index (χ2v) is 13.5. The van der Waals surface area contributed by atoms with Crippen LogP contribution in [0.15, 0.2) is 42.5 Å². The van der Waals surface area contributed by atoms with Crippen LogP contribution in [-0.2, 0) is 19.6 Å². The SMILES string of the molecule is CCn1nc(C)cc1C(=O)Nc1nc2cc(C(N)=O)cc(OCCCN3CCN(CCO)CC3)c2n1C/C=C/Cn1c(NC)nc2cc(C(N)=O)cc(OC)c21. The fraction of sp³-hybridized carbons (Fsp3) is 0.421. The number of methoxy groups -OCH3 is 1. The largest absolute Gasteiger partial charge is 0.494 e. The molecule has 5 aromatic rings. The van der Waals surface area contributed by atoms with Crippen LogP contribution in [0.25, 0.3) is 22.1 Å². The lowest BCUT2D eigenvalue weighted by Crippen LogP contribution is -2.47. The molecular weight excluding hydrogens is 720 g/mol. The summed E-state index contributed by atoms with van der Waals surface area (Å²) in [5.74, 6) is 0.0369. The number of nitrogens with two attached hydrogens (primary N) is 2. The van der Waals surface area contributed by atoms with E-state index in [-0.39, 0.29) is 30.2 Å². The number of hydrogen-bond acceptors (Lipinski definition) is 12. The highest BCUT2D eigenvalue weighted by Gasteiger charge is 2.23. The van der Waals surface area contributed by atoms with Crippen molar-refractivity contribution in [1.29, 1.82) is 0 Å². The molecule has 0 spiro atoms. The van der Waals surface area contributed by atoms with Crippen molar-refractivity contribution in [2.45, 2.75) is 39.9 Å². The van der Waals surface area contributed by atoms with Crippen LogP contribution in [0.1, 0.15) is 50.2 Å². The number of aliphatic hydroxyl groups is 1. The molecule has 0 atom stereocenters. The Labute approximate surface area is 324 Å². The van der Waals surface area contributed by atoms with E-state index >= 15 is 0 Å². The van der Waals surface area contributed by atoms with E-state index in [1.165, 1.54) is 7.11 Å². The molecule has 3 aromatic heterocycles. The molecule has 2 aromatic carbocycles. The molecule has 1 fully saturated rings. The van der Waals surface area contributed by atoms with Crippen molar-refractivity contribution in [2.24, 2.45) is 11.5 Å². The number of amides is 3. The zero-order chi connectivity index (χ0) is 39.9. The first kappa shape index (κ1) is 39.7. The molecule has 0 aliphatic carbocycles. The summed E-state index contributed by atoms with van der Waals surface area (Å²) in [5, 5.41) is 19.8. The Morgan fingerprint density at radius 3 is 2.00 bits per heavy atom. The highest BCUT2D eigenvalue weighted by atomic mass is 16.5. The standard InChI is InChI=1S/C38H50N12O6/c1-5-50-29(19-24(2)45-50)36(54)44-38-43-28-21-26(35(40)53)23-31(56-18-8-9-46-12-14-47(15-13-46)16-17-51)33(28)49(38)11-7-6-10-48-32-27(42-37(48)41-3)20-25(34(39)52)22-30(32)55-4/h6-7,19-23,51H,5,8-18H2,1-4H3,(H2,39,52)(H2,40,53)(H,41,42)(H,43,44,54)/b7-6+. The molecule has 1 saturated heterocycles. The van der Waals surface area contributed by atoms with Gasteiger partial charge in [0.05, 0.1) is 37.1 Å². The van der Waals surface area contributed by atoms with Gasteiger partial charge >= 0.3 is 0 Å². The highest BCUT2D eigenvalue weighted by Crippen LogP contribution is 2.33. The van der Waals surface area contributed by atoms with Gasteiger partial charge in [-0.2, -0.15) is 5.10 Å². The number of aryl methyl sites for hydroxylation is 2. The zero-order valence-corrected chi connectivity index (χ0v) is 32.2. The van der Waals surface area contributed by atoms with Gasteiger partial charge in [0.25, 0.3) is 5.91 Å². The van der Waals surface area contributed by atoms with E-state index in [2.05, 4.69) is 30.5 Å². The number of aromatic nitrogens is 6. The van der Waals surface area contributed by atoms with Crippen LogP contribution in [0, 0.1) is 6.92 Å². The zero-order valence-electron chi connectivity index (χ0n) is 32.2. The minimum absolute atomic E-state index is 0.155. The number of imidazole rings is 2. The molecule has 1 aliphatic heterocycles. The number of ether oxygens (including phenoxy) is 2. The Bertz CT molecular complexity index is 2250. The van der Waals surface area contributed by atoms with Gasteiger partial charge in [-0.25, -0.2) is 9.97 Å². The number of carbonyl (C=O) groups excluding carboxylic acids is 3. The Morgan fingerprint density at radius 1 is 0.857 bits per heavy atom. The number of nitrogens with one attached hydrogen (secondary N) is 2. The number of piperazine rings is 1. The lowest BCUT2D eigenvalue weighted by molar-refractivity contribution is 0.0991. The molecule has 6 rings (SSSR count). The van der Waals surface area contributed by atoms with E-state index in [1.807, 2.05) is 35.1 Å². The number of anilines is 2. The van der Waals surface area contributed by atoms with Gasteiger partial charge in [0, 0.05) is 77.1 Å². The maximum absolute atomic E-state index is 13.7. The first-order chi connectivity index (χ1) is 27.0. The van der Waals surface area contributed by atoms with Crippen LogP contribution in [0.2, 0.25) is 0 Å². The second kappa shape index (κ2) is 17.7. The average molecular weight is 771 g/mol. The minimum Gasteiger partial charge on any atom is -0.494 e. The molecule has 7 N–H and O–H groups in total. The predicted molar refractivity (Wildman–Crippen MR) is 212 cm³/mol. The molecule has 0 unspecified atom stereocenters. The lowest BCUT2D eigenvalue weighted by atomic mass is 10.1. The Balaban J connectivity index is 1.31.